The number of benzene rings is 1. The minimum absolute atomic E-state index is 0. The zero-order chi connectivity index (χ0) is 19.4. The van der Waals surface area contributed by atoms with E-state index < -0.39 is 5.97 Å². The minimum Gasteiger partial charge on any atom is -0.496 e. The lowest BCUT2D eigenvalue weighted by Crippen LogP contribution is -2.37. The molecule has 7 nitrogen and oxygen atoms in total. The Morgan fingerprint density at radius 2 is 1.96 bits per heavy atom. The molecule has 0 saturated carbocycles. The predicted octanol–water partition coefficient (Wildman–Crippen LogP) is 2.83. The monoisotopic (exact) mass is 493 g/mol. The van der Waals surface area contributed by atoms with Crippen LogP contribution < -0.4 is 15.4 Å². The quantitative estimate of drug-likeness (QED) is 0.172. The minimum atomic E-state index is -0.424. The fourth-order valence-electron chi connectivity index (χ4n) is 2.24. The highest BCUT2D eigenvalue weighted by atomic mass is 127. The number of nitrogens with one attached hydrogen (secondary N) is 2. The number of carbonyl (C=O) groups is 1. The Morgan fingerprint density at radius 3 is 2.56 bits per heavy atom. The Bertz CT molecular complexity index is 594. The van der Waals surface area contributed by atoms with Crippen LogP contribution in [-0.2, 0) is 16.0 Å². The molecule has 8 heteroatoms. The lowest BCUT2D eigenvalue weighted by atomic mass is 10.1. The molecular formula is C19H32IN3O4. The van der Waals surface area contributed by atoms with E-state index in [4.69, 9.17) is 14.2 Å². The van der Waals surface area contributed by atoms with Crippen molar-refractivity contribution in [2.75, 3.05) is 41.0 Å². The van der Waals surface area contributed by atoms with Gasteiger partial charge in [-0.2, -0.15) is 0 Å². The lowest BCUT2D eigenvalue weighted by molar-refractivity contribution is 0.0597. The number of halogens is 1. The number of carbonyl (C=O) groups excluding carboxylic acids is 1. The highest BCUT2D eigenvalue weighted by molar-refractivity contribution is 14.0. The van der Waals surface area contributed by atoms with Gasteiger partial charge in [-0.15, -0.1) is 24.0 Å². The number of hydrogen-bond donors (Lipinski definition) is 2. The number of esters is 1. The van der Waals surface area contributed by atoms with Crippen LogP contribution in [0.4, 0.5) is 0 Å². The van der Waals surface area contributed by atoms with Gasteiger partial charge in [-0.25, -0.2) is 4.79 Å². The van der Waals surface area contributed by atoms with Gasteiger partial charge >= 0.3 is 5.97 Å². The molecule has 0 aliphatic carbocycles. The molecule has 0 radical (unpaired) electrons. The van der Waals surface area contributed by atoms with Crippen LogP contribution in [0.25, 0.3) is 0 Å². The third kappa shape index (κ3) is 9.81. The second-order valence-corrected chi connectivity index (χ2v) is 6.20. The SMILES string of the molecule is CN=C(NCCCOCC(C)C)NCc1ccc(OC)c(C(=O)OC)c1.I. The average Bonchev–Trinajstić information content (AvgIpc) is 2.65. The van der Waals surface area contributed by atoms with Gasteiger partial charge in [-0.05, 0) is 30.0 Å². The summed E-state index contributed by atoms with van der Waals surface area (Å²) in [5.41, 5.74) is 1.33. The summed E-state index contributed by atoms with van der Waals surface area (Å²) in [6, 6.07) is 5.40. The van der Waals surface area contributed by atoms with E-state index in [9.17, 15) is 4.79 Å². The maximum atomic E-state index is 11.8. The number of rotatable bonds is 10. The second-order valence-electron chi connectivity index (χ2n) is 6.20. The average molecular weight is 493 g/mol. The van der Waals surface area contributed by atoms with Crippen molar-refractivity contribution in [1.29, 1.82) is 0 Å². The van der Waals surface area contributed by atoms with E-state index in [0.717, 1.165) is 31.7 Å². The Balaban J connectivity index is 0.00000676. The van der Waals surface area contributed by atoms with Crippen LogP contribution in [0.1, 0.15) is 36.2 Å². The van der Waals surface area contributed by atoms with Crippen molar-refractivity contribution in [1.82, 2.24) is 10.6 Å². The molecule has 1 aromatic carbocycles. The van der Waals surface area contributed by atoms with Crippen molar-refractivity contribution in [3.8, 4) is 5.75 Å². The molecule has 0 saturated heterocycles. The molecule has 1 rings (SSSR count). The van der Waals surface area contributed by atoms with E-state index >= 15 is 0 Å². The van der Waals surface area contributed by atoms with Gasteiger partial charge in [0.15, 0.2) is 5.96 Å². The van der Waals surface area contributed by atoms with Crippen molar-refractivity contribution in [2.45, 2.75) is 26.8 Å². The Hall–Kier alpha value is -1.55. The van der Waals surface area contributed by atoms with Crippen molar-refractivity contribution in [3.05, 3.63) is 29.3 Å². The molecule has 27 heavy (non-hydrogen) atoms. The largest absolute Gasteiger partial charge is 0.496 e. The second kappa shape index (κ2) is 14.5. The molecule has 0 aliphatic heterocycles. The third-order valence-corrected chi connectivity index (χ3v) is 3.56. The molecule has 154 valence electrons. The Kier molecular flexibility index (Phi) is 13.7. The predicted molar refractivity (Wildman–Crippen MR) is 118 cm³/mol. The van der Waals surface area contributed by atoms with Gasteiger partial charge in [0.2, 0.25) is 0 Å². The summed E-state index contributed by atoms with van der Waals surface area (Å²) < 4.78 is 15.5. The van der Waals surface area contributed by atoms with Gasteiger partial charge in [0.05, 0.1) is 14.2 Å². The number of guanidine groups is 1. The van der Waals surface area contributed by atoms with Gasteiger partial charge in [-0.1, -0.05) is 19.9 Å². The van der Waals surface area contributed by atoms with Gasteiger partial charge in [0, 0.05) is 33.4 Å². The van der Waals surface area contributed by atoms with E-state index in [1.54, 1.807) is 19.2 Å². The van der Waals surface area contributed by atoms with Crippen LogP contribution in [0.5, 0.6) is 5.75 Å². The normalized spacial score (nSPS) is 11.0. The molecular weight excluding hydrogens is 461 g/mol. The van der Waals surface area contributed by atoms with Crippen LogP contribution in [0.15, 0.2) is 23.2 Å². The Labute approximate surface area is 179 Å². The van der Waals surface area contributed by atoms with Crippen molar-refractivity contribution in [3.63, 3.8) is 0 Å². The third-order valence-electron chi connectivity index (χ3n) is 3.56. The fourth-order valence-corrected chi connectivity index (χ4v) is 2.24. The van der Waals surface area contributed by atoms with E-state index in [1.807, 2.05) is 6.07 Å². The number of ether oxygens (including phenoxy) is 3. The van der Waals surface area contributed by atoms with E-state index in [2.05, 4.69) is 29.5 Å². The molecule has 0 bridgehead atoms. The molecule has 0 spiro atoms. The van der Waals surface area contributed by atoms with Crippen molar-refractivity contribution in [2.24, 2.45) is 10.9 Å². The van der Waals surface area contributed by atoms with Crippen LogP contribution in [0.2, 0.25) is 0 Å². The van der Waals surface area contributed by atoms with Crippen molar-refractivity contribution >= 4 is 35.9 Å². The summed E-state index contributed by atoms with van der Waals surface area (Å²) in [7, 11) is 4.60. The van der Waals surface area contributed by atoms with E-state index in [1.165, 1.54) is 14.2 Å². The number of aliphatic imine (C=N–C) groups is 1. The maximum Gasteiger partial charge on any atom is 0.341 e. The molecule has 2 N–H and O–H groups in total. The van der Waals surface area contributed by atoms with Gasteiger partial charge in [0.1, 0.15) is 11.3 Å². The number of methoxy groups -OCH3 is 2. The van der Waals surface area contributed by atoms with Crippen LogP contribution >= 0.6 is 24.0 Å². The van der Waals surface area contributed by atoms with Gasteiger partial charge in [0.25, 0.3) is 0 Å². The molecule has 0 amide bonds. The maximum absolute atomic E-state index is 11.8. The zero-order valence-corrected chi connectivity index (χ0v) is 19.2. The number of hydrogen-bond acceptors (Lipinski definition) is 5. The molecule has 1 aromatic rings. The highest BCUT2D eigenvalue weighted by Crippen LogP contribution is 2.20. The summed E-state index contributed by atoms with van der Waals surface area (Å²) in [6.45, 7) is 7.07. The Morgan fingerprint density at radius 1 is 1.22 bits per heavy atom. The molecule has 0 atom stereocenters. The first-order valence-corrected chi connectivity index (χ1v) is 8.79. The van der Waals surface area contributed by atoms with Crippen LogP contribution in [0, 0.1) is 5.92 Å². The van der Waals surface area contributed by atoms with Crippen LogP contribution in [0.3, 0.4) is 0 Å². The van der Waals surface area contributed by atoms with Crippen molar-refractivity contribution < 1.29 is 19.0 Å². The number of nitrogens with zero attached hydrogens (tertiary/aromatic N) is 1. The summed E-state index contributed by atoms with van der Waals surface area (Å²) in [5.74, 6) is 1.32. The highest BCUT2D eigenvalue weighted by Gasteiger charge is 2.13. The first kappa shape index (κ1) is 25.4. The van der Waals surface area contributed by atoms with Gasteiger partial charge in [-0.3, -0.25) is 4.99 Å². The molecule has 0 heterocycles. The summed E-state index contributed by atoms with van der Waals surface area (Å²) in [6.07, 6.45) is 0.905. The molecule has 0 aromatic heterocycles. The summed E-state index contributed by atoms with van der Waals surface area (Å²) >= 11 is 0. The smallest absolute Gasteiger partial charge is 0.341 e. The van der Waals surface area contributed by atoms with Gasteiger partial charge < -0.3 is 24.8 Å². The standard InChI is InChI=1S/C19H31N3O4.HI/c1-14(2)13-26-10-6-9-21-19(20-3)22-12-15-7-8-17(24-4)16(11-15)18(23)25-5;/h7-8,11,14H,6,9-10,12-13H2,1-5H3,(H2,20,21,22);1H. The first-order chi connectivity index (χ1) is 12.5. The molecule has 0 unspecified atom stereocenters. The summed E-state index contributed by atoms with van der Waals surface area (Å²) in [4.78, 5) is 16.0. The fraction of sp³-hybridized carbons (Fsp3) is 0.579. The van der Waals surface area contributed by atoms with E-state index in [0.29, 0.717) is 29.7 Å². The summed E-state index contributed by atoms with van der Waals surface area (Å²) in [5, 5.41) is 6.46. The first-order valence-electron chi connectivity index (χ1n) is 8.79. The lowest BCUT2D eigenvalue weighted by Gasteiger charge is -2.13. The van der Waals surface area contributed by atoms with Crippen LogP contribution in [-0.4, -0.2) is 53.0 Å². The van der Waals surface area contributed by atoms with E-state index in [-0.39, 0.29) is 24.0 Å². The molecule has 0 fully saturated rings. The zero-order valence-electron chi connectivity index (χ0n) is 16.8. The molecule has 0 aliphatic rings. The topological polar surface area (TPSA) is 81.2 Å².